The van der Waals surface area contributed by atoms with Crippen molar-refractivity contribution in [3.8, 4) is 0 Å². The first-order valence-corrected chi connectivity index (χ1v) is 7.81. The molecule has 0 aliphatic carbocycles. The minimum atomic E-state index is -1.19. The first-order chi connectivity index (χ1) is 10.6. The van der Waals surface area contributed by atoms with Crippen molar-refractivity contribution in [2.24, 2.45) is 5.73 Å². The number of anilines is 1. The fraction of sp³-hybridized carbons (Fsp3) is 0.294. The minimum absolute atomic E-state index is 0.125. The van der Waals surface area contributed by atoms with Gasteiger partial charge in [0.05, 0.1) is 0 Å². The molecule has 22 heavy (non-hydrogen) atoms. The standard InChI is InChI=1S/C17H18ClN3O/c18-11-5-6-15-13(7-11)17(22,16(19)21-15)14-9-20-8-10-3-1-2-4-12(10)14/h1-7,14,16,20-22H,8-9,19H2. The fourth-order valence-electron chi connectivity index (χ4n) is 3.71. The highest BCUT2D eigenvalue weighted by Gasteiger charge is 2.51. The molecule has 0 radical (unpaired) electrons. The molecule has 114 valence electrons. The van der Waals surface area contributed by atoms with Crippen molar-refractivity contribution in [2.75, 3.05) is 11.9 Å². The Kier molecular flexibility index (Phi) is 3.16. The summed E-state index contributed by atoms with van der Waals surface area (Å²) >= 11 is 6.14. The van der Waals surface area contributed by atoms with Crippen molar-refractivity contribution < 1.29 is 5.11 Å². The van der Waals surface area contributed by atoms with Gasteiger partial charge in [0.15, 0.2) is 0 Å². The Morgan fingerprint density at radius 2 is 2.05 bits per heavy atom. The first-order valence-electron chi connectivity index (χ1n) is 7.43. The average Bonchev–Trinajstić information content (AvgIpc) is 2.79. The third-order valence-electron chi connectivity index (χ3n) is 4.82. The molecule has 0 fully saturated rings. The molecular weight excluding hydrogens is 298 g/mol. The van der Waals surface area contributed by atoms with E-state index in [0.29, 0.717) is 11.6 Å². The number of nitrogens with one attached hydrogen (secondary N) is 2. The lowest BCUT2D eigenvalue weighted by atomic mass is 9.74. The molecule has 2 aliphatic heterocycles. The van der Waals surface area contributed by atoms with Gasteiger partial charge < -0.3 is 21.5 Å². The molecule has 0 amide bonds. The summed E-state index contributed by atoms with van der Waals surface area (Å²) < 4.78 is 0. The number of fused-ring (bicyclic) bond motifs is 2. The highest BCUT2D eigenvalue weighted by molar-refractivity contribution is 6.30. The molecule has 3 unspecified atom stereocenters. The van der Waals surface area contributed by atoms with Crippen LogP contribution >= 0.6 is 11.6 Å². The van der Waals surface area contributed by atoms with Crippen LogP contribution in [0.2, 0.25) is 5.02 Å². The molecule has 2 aromatic carbocycles. The highest BCUT2D eigenvalue weighted by atomic mass is 35.5. The van der Waals surface area contributed by atoms with Crippen LogP contribution in [0, 0.1) is 0 Å². The second kappa shape index (κ2) is 4.96. The van der Waals surface area contributed by atoms with Gasteiger partial charge in [0.1, 0.15) is 11.8 Å². The van der Waals surface area contributed by atoms with Gasteiger partial charge in [0.2, 0.25) is 0 Å². The summed E-state index contributed by atoms with van der Waals surface area (Å²) in [4.78, 5) is 0. The number of hydrogen-bond donors (Lipinski definition) is 4. The molecule has 2 aliphatic rings. The molecule has 2 aromatic rings. The third kappa shape index (κ3) is 1.88. The van der Waals surface area contributed by atoms with Crippen molar-refractivity contribution in [1.82, 2.24) is 5.32 Å². The molecule has 2 heterocycles. The van der Waals surface area contributed by atoms with Gasteiger partial charge in [0.25, 0.3) is 0 Å². The summed E-state index contributed by atoms with van der Waals surface area (Å²) in [5.74, 6) is -0.125. The summed E-state index contributed by atoms with van der Waals surface area (Å²) in [6.45, 7) is 1.49. The number of nitrogens with two attached hydrogens (primary N) is 1. The van der Waals surface area contributed by atoms with E-state index >= 15 is 0 Å². The number of halogens is 1. The van der Waals surface area contributed by atoms with Gasteiger partial charge in [-0.05, 0) is 29.3 Å². The summed E-state index contributed by atoms with van der Waals surface area (Å²) in [7, 11) is 0. The molecule has 0 aromatic heterocycles. The van der Waals surface area contributed by atoms with Crippen LogP contribution < -0.4 is 16.4 Å². The highest BCUT2D eigenvalue weighted by Crippen LogP contribution is 2.48. The van der Waals surface area contributed by atoms with E-state index in [0.717, 1.165) is 23.4 Å². The van der Waals surface area contributed by atoms with E-state index in [9.17, 15) is 5.11 Å². The second-order valence-electron chi connectivity index (χ2n) is 6.02. The van der Waals surface area contributed by atoms with E-state index < -0.39 is 11.8 Å². The Morgan fingerprint density at radius 3 is 2.91 bits per heavy atom. The largest absolute Gasteiger partial charge is 0.381 e. The van der Waals surface area contributed by atoms with Crippen LogP contribution in [0.3, 0.4) is 0 Å². The van der Waals surface area contributed by atoms with Crippen LogP contribution in [0.25, 0.3) is 0 Å². The average molecular weight is 316 g/mol. The lowest BCUT2D eigenvalue weighted by molar-refractivity contribution is -0.00436. The molecule has 4 rings (SSSR count). The zero-order valence-corrected chi connectivity index (χ0v) is 12.8. The predicted molar refractivity (Wildman–Crippen MR) is 87.8 cm³/mol. The van der Waals surface area contributed by atoms with Crippen LogP contribution in [-0.2, 0) is 12.1 Å². The van der Waals surface area contributed by atoms with Gasteiger partial charge >= 0.3 is 0 Å². The van der Waals surface area contributed by atoms with E-state index in [-0.39, 0.29) is 5.92 Å². The predicted octanol–water partition coefficient (Wildman–Crippen LogP) is 2.12. The van der Waals surface area contributed by atoms with E-state index in [1.165, 1.54) is 5.56 Å². The molecule has 0 spiro atoms. The molecule has 4 nitrogen and oxygen atoms in total. The number of rotatable bonds is 1. The van der Waals surface area contributed by atoms with Crippen LogP contribution in [0.4, 0.5) is 5.69 Å². The maximum atomic E-state index is 11.5. The Bertz CT molecular complexity index is 736. The zero-order valence-electron chi connectivity index (χ0n) is 12.0. The third-order valence-corrected chi connectivity index (χ3v) is 5.06. The van der Waals surface area contributed by atoms with Gasteiger partial charge in [-0.25, -0.2) is 0 Å². The van der Waals surface area contributed by atoms with Gasteiger partial charge in [-0.15, -0.1) is 0 Å². The van der Waals surface area contributed by atoms with Crippen molar-refractivity contribution >= 4 is 17.3 Å². The Hall–Kier alpha value is -1.59. The lowest BCUT2D eigenvalue weighted by Crippen LogP contribution is -2.53. The number of hydrogen-bond acceptors (Lipinski definition) is 4. The molecule has 0 bridgehead atoms. The van der Waals surface area contributed by atoms with Crippen LogP contribution in [0.5, 0.6) is 0 Å². The summed E-state index contributed by atoms with van der Waals surface area (Å²) in [6.07, 6.45) is -0.570. The Balaban J connectivity index is 1.88. The number of aliphatic hydroxyl groups is 1. The van der Waals surface area contributed by atoms with Crippen molar-refractivity contribution in [3.05, 3.63) is 64.2 Å². The molecule has 0 saturated carbocycles. The maximum absolute atomic E-state index is 11.5. The smallest absolute Gasteiger partial charge is 0.133 e. The minimum Gasteiger partial charge on any atom is -0.381 e. The molecule has 5 N–H and O–H groups in total. The summed E-state index contributed by atoms with van der Waals surface area (Å²) in [6, 6.07) is 13.7. The molecule has 3 atom stereocenters. The van der Waals surface area contributed by atoms with E-state index in [2.05, 4.69) is 22.8 Å². The van der Waals surface area contributed by atoms with Gasteiger partial charge in [-0.1, -0.05) is 35.9 Å². The van der Waals surface area contributed by atoms with Crippen molar-refractivity contribution in [2.45, 2.75) is 24.2 Å². The van der Waals surface area contributed by atoms with Crippen LogP contribution in [0.15, 0.2) is 42.5 Å². The zero-order chi connectivity index (χ0) is 15.3. The molecular formula is C17H18ClN3O. The summed E-state index contributed by atoms with van der Waals surface area (Å²) in [5.41, 5.74) is 9.05. The first kappa shape index (κ1) is 14.0. The Morgan fingerprint density at radius 1 is 1.23 bits per heavy atom. The van der Waals surface area contributed by atoms with Crippen molar-refractivity contribution in [1.29, 1.82) is 0 Å². The van der Waals surface area contributed by atoms with Gasteiger partial charge in [-0.2, -0.15) is 0 Å². The van der Waals surface area contributed by atoms with Crippen molar-refractivity contribution in [3.63, 3.8) is 0 Å². The van der Waals surface area contributed by atoms with E-state index in [1.54, 1.807) is 6.07 Å². The monoisotopic (exact) mass is 315 g/mol. The quantitative estimate of drug-likeness (QED) is 0.650. The number of benzene rings is 2. The lowest BCUT2D eigenvalue weighted by Gasteiger charge is -2.40. The van der Waals surface area contributed by atoms with Crippen LogP contribution in [-0.4, -0.2) is 17.8 Å². The fourth-order valence-corrected chi connectivity index (χ4v) is 3.88. The van der Waals surface area contributed by atoms with E-state index in [4.69, 9.17) is 17.3 Å². The maximum Gasteiger partial charge on any atom is 0.133 e. The SMILES string of the molecule is NC1Nc2ccc(Cl)cc2C1(O)C1CNCc2ccccc21. The molecule has 5 heteroatoms. The molecule has 0 saturated heterocycles. The van der Waals surface area contributed by atoms with Gasteiger partial charge in [-0.3, -0.25) is 0 Å². The van der Waals surface area contributed by atoms with Gasteiger partial charge in [0, 0.05) is 35.3 Å². The second-order valence-corrected chi connectivity index (χ2v) is 6.46. The summed E-state index contributed by atoms with van der Waals surface area (Å²) in [5, 5.41) is 18.7. The Labute approximate surface area is 134 Å². The topological polar surface area (TPSA) is 70.3 Å². The normalized spacial score (nSPS) is 29.6. The van der Waals surface area contributed by atoms with E-state index in [1.807, 2.05) is 24.3 Å². The van der Waals surface area contributed by atoms with Crippen LogP contribution in [0.1, 0.15) is 22.6 Å².